The summed E-state index contributed by atoms with van der Waals surface area (Å²) in [6.07, 6.45) is 4.51. The number of ether oxygens (including phenoxy) is 1. The van der Waals surface area contributed by atoms with Crippen LogP contribution in [0, 0.1) is 5.92 Å². The first-order valence-corrected chi connectivity index (χ1v) is 11.2. The maximum absolute atomic E-state index is 13.4. The van der Waals surface area contributed by atoms with Crippen molar-refractivity contribution in [3.05, 3.63) is 77.2 Å². The summed E-state index contributed by atoms with van der Waals surface area (Å²) in [5.41, 5.74) is 2.34. The Hall–Kier alpha value is -3.78. The summed E-state index contributed by atoms with van der Waals surface area (Å²) in [4.78, 5) is 29.6. The first kappa shape index (κ1) is 19.9. The average molecular weight is 441 g/mol. The van der Waals surface area contributed by atoms with Gasteiger partial charge in [-0.3, -0.25) is 13.8 Å². The fourth-order valence-electron chi connectivity index (χ4n) is 4.75. The second-order valence-corrected chi connectivity index (χ2v) is 8.62. The van der Waals surface area contributed by atoms with Gasteiger partial charge in [-0.15, -0.1) is 0 Å². The Labute approximate surface area is 190 Å². The van der Waals surface area contributed by atoms with Gasteiger partial charge in [-0.2, -0.15) is 0 Å². The molecule has 4 heterocycles. The minimum Gasteiger partial charge on any atom is -0.381 e. The molecule has 2 aromatic carbocycles. The molecular formula is C25H24N6O2. The molecule has 0 radical (unpaired) electrons. The summed E-state index contributed by atoms with van der Waals surface area (Å²) in [5, 5.41) is 1.64. The van der Waals surface area contributed by atoms with E-state index in [-0.39, 0.29) is 12.1 Å². The van der Waals surface area contributed by atoms with Gasteiger partial charge in [-0.1, -0.05) is 24.3 Å². The molecule has 8 heteroatoms. The Morgan fingerprint density at radius 2 is 1.91 bits per heavy atom. The number of aromatic nitrogens is 5. The van der Waals surface area contributed by atoms with Crippen molar-refractivity contribution in [3.8, 4) is 0 Å². The monoisotopic (exact) mass is 440 g/mol. The van der Waals surface area contributed by atoms with Gasteiger partial charge < -0.3 is 9.64 Å². The quantitative estimate of drug-likeness (QED) is 0.418. The van der Waals surface area contributed by atoms with E-state index in [4.69, 9.17) is 14.7 Å². The largest absolute Gasteiger partial charge is 0.381 e. The number of anilines is 1. The van der Waals surface area contributed by atoms with Crippen LogP contribution < -0.4 is 10.5 Å². The van der Waals surface area contributed by atoms with Gasteiger partial charge in [0.15, 0.2) is 5.82 Å². The number of nitrogens with zero attached hydrogens (tertiary/aromatic N) is 6. The number of rotatable bonds is 5. The highest BCUT2D eigenvalue weighted by atomic mass is 16.5. The lowest BCUT2D eigenvalue weighted by Crippen LogP contribution is -2.28. The van der Waals surface area contributed by atoms with Crippen LogP contribution in [0.5, 0.6) is 0 Å². The number of hydrogen-bond donors (Lipinski definition) is 0. The van der Waals surface area contributed by atoms with E-state index >= 15 is 0 Å². The zero-order chi connectivity index (χ0) is 22.4. The molecule has 6 rings (SSSR count). The van der Waals surface area contributed by atoms with Crippen LogP contribution in [0.15, 0.2) is 65.8 Å². The Kier molecular flexibility index (Phi) is 4.80. The SMILES string of the molecule is CN(CC1CCOC1)c1nc(Cn2c(=O)c3ccccc3n3cncc23)nc2ccccc12. The van der Waals surface area contributed by atoms with Crippen molar-refractivity contribution in [1.82, 2.24) is 23.9 Å². The van der Waals surface area contributed by atoms with Crippen molar-refractivity contribution in [2.75, 3.05) is 31.7 Å². The van der Waals surface area contributed by atoms with Crippen LogP contribution in [0.4, 0.5) is 5.82 Å². The van der Waals surface area contributed by atoms with Gasteiger partial charge in [0.2, 0.25) is 0 Å². The summed E-state index contributed by atoms with van der Waals surface area (Å²) < 4.78 is 9.20. The van der Waals surface area contributed by atoms with E-state index in [9.17, 15) is 4.79 Å². The van der Waals surface area contributed by atoms with Crippen molar-refractivity contribution in [2.24, 2.45) is 5.92 Å². The minimum absolute atomic E-state index is 0.0756. The van der Waals surface area contributed by atoms with E-state index in [1.54, 1.807) is 17.1 Å². The Balaban J connectivity index is 1.47. The summed E-state index contributed by atoms with van der Waals surface area (Å²) in [6, 6.07) is 15.6. The summed E-state index contributed by atoms with van der Waals surface area (Å²) in [5.74, 6) is 1.96. The van der Waals surface area contributed by atoms with Crippen LogP contribution in [-0.2, 0) is 11.3 Å². The van der Waals surface area contributed by atoms with E-state index in [1.807, 2.05) is 52.9 Å². The average Bonchev–Trinajstić information content (AvgIpc) is 3.54. The van der Waals surface area contributed by atoms with Gasteiger partial charge in [0.1, 0.15) is 17.8 Å². The predicted molar refractivity (Wildman–Crippen MR) is 128 cm³/mol. The number of fused-ring (bicyclic) bond motifs is 4. The van der Waals surface area contributed by atoms with Crippen molar-refractivity contribution in [1.29, 1.82) is 0 Å². The van der Waals surface area contributed by atoms with E-state index in [2.05, 4.69) is 16.9 Å². The predicted octanol–water partition coefficient (Wildman–Crippen LogP) is 3.11. The summed E-state index contributed by atoms with van der Waals surface area (Å²) in [7, 11) is 2.06. The minimum atomic E-state index is -0.0756. The highest BCUT2D eigenvalue weighted by molar-refractivity contribution is 5.89. The maximum Gasteiger partial charge on any atom is 0.261 e. The van der Waals surface area contributed by atoms with Gasteiger partial charge in [-0.25, -0.2) is 15.0 Å². The standard InChI is InChI=1S/C25H24N6O2/c1-29(13-17-10-11-33-15-17)24-18-6-2-4-8-20(18)27-22(28-24)14-30-23-12-26-16-31(23)21-9-5-3-7-19(21)25(30)32/h2-9,12,16-17H,10-11,13-15H2,1H3. The molecule has 0 aliphatic carbocycles. The molecule has 1 aliphatic heterocycles. The summed E-state index contributed by atoms with van der Waals surface area (Å²) >= 11 is 0. The number of para-hydroxylation sites is 2. The number of benzene rings is 2. The first-order valence-electron chi connectivity index (χ1n) is 11.2. The number of hydrogen-bond acceptors (Lipinski definition) is 6. The van der Waals surface area contributed by atoms with Gasteiger partial charge in [-0.05, 0) is 30.7 Å². The van der Waals surface area contributed by atoms with E-state index < -0.39 is 0 Å². The summed E-state index contributed by atoms with van der Waals surface area (Å²) in [6.45, 7) is 2.73. The lowest BCUT2D eigenvalue weighted by Gasteiger charge is -2.23. The zero-order valence-corrected chi connectivity index (χ0v) is 18.4. The molecule has 0 saturated carbocycles. The first-order chi connectivity index (χ1) is 16.2. The molecule has 0 spiro atoms. The van der Waals surface area contributed by atoms with E-state index in [0.717, 1.165) is 48.4 Å². The van der Waals surface area contributed by atoms with Crippen molar-refractivity contribution in [2.45, 2.75) is 13.0 Å². The molecule has 1 unspecified atom stereocenters. The lowest BCUT2D eigenvalue weighted by molar-refractivity contribution is 0.186. The molecule has 166 valence electrons. The molecule has 8 nitrogen and oxygen atoms in total. The highest BCUT2D eigenvalue weighted by Crippen LogP contribution is 2.25. The molecule has 3 aromatic heterocycles. The molecule has 1 saturated heterocycles. The van der Waals surface area contributed by atoms with Crippen LogP contribution >= 0.6 is 0 Å². The molecular weight excluding hydrogens is 416 g/mol. The fourth-order valence-corrected chi connectivity index (χ4v) is 4.75. The van der Waals surface area contributed by atoms with Crippen molar-refractivity contribution in [3.63, 3.8) is 0 Å². The van der Waals surface area contributed by atoms with Crippen LogP contribution in [0.25, 0.3) is 27.5 Å². The fraction of sp³-hybridized carbons (Fsp3) is 0.280. The second-order valence-electron chi connectivity index (χ2n) is 8.62. The second kappa shape index (κ2) is 7.97. The van der Waals surface area contributed by atoms with E-state index in [0.29, 0.717) is 22.8 Å². The van der Waals surface area contributed by atoms with Crippen LogP contribution in [-0.4, -0.2) is 50.7 Å². The van der Waals surface area contributed by atoms with Gasteiger partial charge >= 0.3 is 0 Å². The Morgan fingerprint density at radius 1 is 1.09 bits per heavy atom. The molecule has 1 atom stereocenters. The smallest absolute Gasteiger partial charge is 0.261 e. The highest BCUT2D eigenvalue weighted by Gasteiger charge is 2.20. The molecule has 0 amide bonds. The molecule has 1 aliphatic rings. The molecule has 5 aromatic rings. The third kappa shape index (κ3) is 3.43. The van der Waals surface area contributed by atoms with Crippen molar-refractivity contribution >= 4 is 33.3 Å². The van der Waals surface area contributed by atoms with Crippen molar-refractivity contribution < 1.29 is 4.74 Å². The topological polar surface area (TPSA) is 77.5 Å². The molecule has 0 bridgehead atoms. The van der Waals surface area contributed by atoms with Gasteiger partial charge in [0, 0.05) is 31.5 Å². The van der Waals surface area contributed by atoms with Gasteiger partial charge in [0.25, 0.3) is 5.56 Å². The van der Waals surface area contributed by atoms with Crippen LogP contribution in [0.2, 0.25) is 0 Å². The zero-order valence-electron chi connectivity index (χ0n) is 18.4. The number of imidazole rings is 1. The normalized spacial score (nSPS) is 16.2. The molecule has 33 heavy (non-hydrogen) atoms. The lowest BCUT2D eigenvalue weighted by atomic mass is 10.1. The third-order valence-corrected chi connectivity index (χ3v) is 6.38. The maximum atomic E-state index is 13.4. The Bertz CT molecular complexity index is 1530. The van der Waals surface area contributed by atoms with E-state index in [1.165, 1.54) is 0 Å². The van der Waals surface area contributed by atoms with Gasteiger partial charge in [0.05, 0.1) is 35.8 Å². The molecule has 0 N–H and O–H groups in total. The van der Waals surface area contributed by atoms with Crippen LogP contribution in [0.3, 0.4) is 0 Å². The third-order valence-electron chi connectivity index (χ3n) is 6.38. The van der Waals surface area contributed by atoms with Crippen LogP contribution in [0.1, 0.15) is 12.2 Å². The molecule has 1 fully saturated rings. The Morgan fingerprint density at radius 3 is 2.76 bits per heavy atom.